The monoisotopic (exact) mass is 283 g/mol. The summed E-state index contributed by atoms with van der Waals surface area (Å²) in [6.07, 6.45) is 1.02. The van der Waals surface area contributed by atoms with E-state index in [9.17, 15) is 9.90 Å². The molecule has 1 saturated heterocycles. The number of amides is 1. The highest BCUT2D eigenvalue weighted by Crippen LogP contribution is 2.21. The molecule has 0 aliphatic carbocycles. The largest absolute Gasteiger partial charge is 0.484 e. The third-order valence-corrected chi connectivity index (χ3v) is 3.73. The van der Waals surface area contributed by atoms with Crippen molar-refractivity contribution in [3.05, 3.63) is 28.8 Å². The van der Waals surface area contributed by atoms with E-state index >= 15 is 0 Å². The molecule has 5 heteroatoms. The van der Waals surface area contributed by atoms with E-state index in [1.807, 2.05) is 13.0 Å². The number of benzene rings is 1. The fourth-order valence-corrected chi connectivity index (χ4v) is 2.18. The Morgan fingerprint density at radius 1 is 1.47 bits per heavy atom. The van der Waals surface area contributed by atoms with Crippen molar-refractivity contribution in [3.8, 4) is 5.75 Å². The van der Waals surface area contributed by atoms with Crippen LogP contribution < -0.4 is 4.74 Å². The van der Waals surface area contributed by atoms with Gasteiger partial charge in [-0.2, -0.15) is 0 Å². The minimum atomic E-state index is -0.274. The molecule has 0 atom stereocenters. The van der Waals surface area contributed by atoms with Gasteiger partial charge < -0.3 is 14.7 Å². The summed E-state index contributed by atoms with van der Waals surface area (Å²) in [4.78, 5) is 13.7. The van der Waals surface area contributed by atoms with E-state index in [1.165, 1.54) is 0 Å². The number of hydrogen-bond acceptors (Lipinski definition) is 3. The lowest BCUT2D eigenvalue weighted by atomic mass is 10.1. The van der Waals surface area contributed by atoms with Gasteiger partial charge in [-0.3, -0.25) is 4.79 Å². The van der Waals surface area contributed by atoms with Crippen LogP contribution in [-0.2, 0) is 4.79 Å². The zero-order chi connectivity index (χ0) is 13.8. The molecule has 0 bridgehead atoms. The smallest absolute Gasteiger partial charge is 0.260 e. The number of rotatable bonds is 3. The number of hydrogen-bond donors (Lipinski definition) is 1. The first kappa shape index (κ1) is 14.2. The molecule has 0 radical (unpaired) electrons. The van der Waals surface area contributed by atoms with Crippen molar-refractivity contribution in [2.45, 2.75) is 25.9 Å². The van der Waals surface area contributed by atoms with Crippen LogP contribution in [-0.4, -0.2) is 41.7 Å². The Morgan fingerprint density at radius 2 is 2.16 bits per heavy atom. The Bertz CT molecular complexity index is 456. The van der Waals surface area contributed by atoms with Crippen molar-refractivity contribution < 1.29 is 14.6 Å². The van der Waals surface area contributed by atoms with E-state index in [-0.39, 0.29) is 18.6 Å². The summed E-state index contributed by atoms with van der Waals surface area (Å²) in [5.74, 6) is 0.604. The molecule has 104 valence electrons. The molecule has 1 N–H and O–H groups in total. The number of ether oxygens (including phenoxy) is 1. The molecule has 4 nitrogen and oxygen atoms in total. The molecule has 0 saturated carbocycles. The van der Waals surface area contributed by atoms with E-state index in [0.717, 1.165) is 5.56 Å². The number of nitrogens with zero attached hydrogens (tertiary/aromatic N) is 1. The second-order valence-electron chi connectivity index (χ2n) is 4.81. The molecule has 1 fully saturated rings. The fraction of sp³-hybridized carbons (Fsp3) is 0.500. The van der Waals surface area contributed by atoms with Crippen LogP contribution in [0.25, 0.3) is 0 Å². The van der Waals surface area contributed by atoms with Crippen molar-refractivity contribution in [2.24, 2.45) is 0 Å². The fourth-order valence-electron chi connectivity index (χ4n) is 2.06. The van der Waals surface area contributed by atoms with E-state index in [1.54, 1.807) is 17.0 Å². The van der Waals surface area contributed by atoms with Crippen LogP contribution in [0.5, 0.6) is 5.75 Å². The molecular weight excluding hydrogens is 266 g/mol. The highest BCUT2D eigenvalue weighted by atomic mass is 35.5. The predicted molar refractivity (Wildman–Crippen MR) is 73.5 cm³/mol. The molecular formula is C14H18ClNO3. The third-order valence-electron chi connectivity index (χ3n) is 3.31. The van der Waals surface area contributed by atoms with Gasteiger partial charge in [0.15, 0.2) is 6.61 Å². The zero-order valence-corrected chi connectivity index (χ0v) is 11.7. The zero-order valence-electron chi connectivity index (χ0n) is 10.9. The molecule has 1 aromatic carbocycles. The molecule has 0 unspecified atom stereocenters. The summed E-state index contributed by atoms with van der Waals surface area (Å²) in [7, 11) is 0. The Balaban J connectivity index is 1.84. The molecule has 1 aromatic rings. The molecule has 1 aliphatic rings. The van der Waals surface area contributed by atoms with Gasteiger partial charge in [0.1, 0.15) is 5.75 Å². The first-order chi connectivity index (χ1) is 9.06. The molecule has 1 amide bonds. The highest BCUT2D eigenvalue weighted by Gasteiger charge is 2.21. The molecule has 19 heavy (non-hydrogen) atoms. The van der Waals surface area contributed by atoms with Crippen LogP contribution in [0.2, 0.25) is 5.02 Å². The number of aliphatic hydroxyl groups excluding tert-OH is 1. The van der Waals surface area contributed by atoms with Crippen LogP contribution in [0.4, 0.5) is 0 Å². The van der Waals surface area contributed by atoms with Gasteiger partial charge in [-0.05, 0) is 43.5 Å². The average Bonchev–Trinajstić information content (AvgIpc) is 2.40. The van der Waals surface area contributed by atoms with Gasteiger partial charge in [0, 0.05) is 18.1 Å². The molecule has 0 aromatic heterocycles. The summed E-state index contributed by atoms with van der Waals surface area (Å²) < 4.78 is 5.47. The highest BCUT2D eigenvalue weighted by molar-refractivity contribution is 6.31. The second-order valence-corrected chi connectivity index (χ2v) is 5.22. The van der Waals surface area contributed by atoms with E-state index in [2.05, 4.69) is 0 Å². The minimum Gasteiger partial charge on any atom is -0.484 e. The van der Waals surface area contributed by atoms with Gasteiger partial charge >= 0.3 is 0 Å². The number of halogens is 1. The van der Waals surface area contributed by atoms with Crippen molar-refractivity contribution in [3.63, 3.8) is 0 Å². The van der Waals surface area contributed by atoms with Crippen LogP contribution >= 0.6 is 11.6 Å². The van der Waals surface area contributed by atoms with E-state index in [4.69, 9.17) is 16.3 Å². The Labute approximate surface area is 117 Å². The lowest BCUT2D eigenvalue weighted by Crippen LogP contribution is -2.42. The van der Waals surface area contributed by atoms with Crippen molar-refractivity contribution in [1.29, 1.82) is 0 Å². The predicted octanol–water partition coefficient (Wildman–Crippen LogP) is 2.01. The van der Waals surface area contributed by atoms with Crippen LogP contribution in [0.3, 0.4) is 0 Å². The van der Waals surface area contributed by atoms with E-state index in [0.29, 0.717) is 36.7 Å². The number of aryl methyl sites for hydroxylation is 1. The quantitative estimate of drug-likeness (QED) is 0.923. The Kier molecular flexibility index (Phi) is 4.66. The number of carbonyl (C=O) groups excluding carboxylic acids is 1. The normalized spacial score (nSPS) is 16.5. The van der Waals surface area contributed by atoms with Gasteiger partial charge in [-0.25, -0.2) is 0 Å². The minimum absolute atomic E-state index is 0.0250. The maximum absolute atomic E-state index is 11.9. The van der Waals surface area contributed by atoms with Gasteiger partial charge in [0.25, 0.3) is 5.91 Å². The van der Waals surface area contributed by atoms with Crippen molar-refractivity contribution in [2.75, 3.05) is 19.7 Å². The topological polar surface area (TPSA) is 49.8 Å². The first-order valence-corrected chi connectivity index (χ1v) is 6.79. The Morgan fingerprint density at radius 3 is 2.79 bits per heavy atom. The van der Waals surface area contributed by atoms with Gasteiger partial charge in [0.2, 0.25) is 0 Å². The van der Waals surface area contributed by atoms with Crippen LogP contribution in [0, 0.1) is 6.92 Å². The third kappa shape index (κ3) is 3.85. The summed E-state index contributed by atoms with van der Waals surface area (Å²) >= 11 is 5.92. The van der Waals surface area contributed by atoms with Gasteiger partial charge in [-0.15, -0.1) is 0 Å². The van der Waals surface area contributed by atoms with E-state index < -0.39 is 0 Å². The maximum Gasteiger partial charge on any atom is 0.260 e. The summed E-state index contributed by atoms with van der Waals surface area (Å²) in [6.45, 7) is 3.12. The first-order valence-electron chi connectivity index (χ1n) is 6.41. The van der Waals surface area contributed by atoms with Crippen molar-refractivity contribution in [1.82, 2.24) is 4.90 Å². The van der Waals surface area contributed by atoms with Crippen LogP contribution in [0.15, 0.2) is 18.2 Å². The second kappa shape index (κ2) is 6.26. The SMILES string of the molecule is Cc1cc(OCC(=O)N2CCC(O)CC2)ccc1Cl. The van der Waals surface area contributed by atoms with Gasteiger partial charge in [0.05, 0.1) is 6.10 Å². The molecule has 1 heterocycles. The summed E-state index contributed by atoms with van der Waals surface area (Å²) in [5.41, 5.74) is 0.924. The van der Waals surface area contributed by atoms with Crippen LogP contribution in [0.1, 0.15) is 18.4 Å². The number of carbonyl (C=O) groups is 1. The number of likely N-dealkylation sites (tertiary alicyclic amines) is 1. The number of piperidine rings is 1. The molecule has 0 spiro atoms. The number of aliphatic hydroxyl groups is 1. The standard InChI is InChI=1S/C14H18ClNO3/c1-10-8-12(2-3-13(10)15)19-9-14(18)16-6-4-11(17)5-7-16/h2-3,8,11,17H,4-7,9H2,1H3. The average molecular weight is 284 g/mol. The maximum atomic E-state index is 11.9. The lowest BCUT2D eigenvalue weighted by Gasteiger charge is -2.29. The molecule has 2 rings (SSSR count). The summed E-state index contributed by atoms with van der Waals surface area (Å²) in [6, 6.07) is 5.33. The van der Waals surface area contributed by atoms with Crippen molar-refractivity contribution >= 4 is 17.5 Å². The molecule has 1 aliphatic heterocycles. The lowest BCUT2D eigenvalue weighted by molar-refractivity contribution is -0.135. The Hall–Kier alpha value is -1.26. The summed E-state index contributed by atoms with van der Waals surface area (Å²) in [5, 5.41) is 10.1. The van der Waals surface area contributed by atoms with Gasteiger partial charge in [-0.1, -0.05) is 11.6 Å².